The molecule has 3 nitrogen and oxygen atoms in total. The Kier molecular flexibility index (Phi) is 4.30. The van der Waals surface area contributed by atoms with Crippen LogP contribution in [0.4, 0.5) is 30.4 Å². The van der Waals surface area contributed by atoms with Crippen molar-refractivity contribution >= 4 is 17.2 Å². The molecular weight excluding hydrogens is 303 g/mol. The molecule has 1 saturated carbocycles. The van der Waals surface area contributed by atoms with Crippen molar-refractivity contribution < 1.29 is 14.5 Å². The number of nitrogens with one attached hydrogen (secondary N) is 2. The molecule has 2 N–H and O–H groups in total. The third kappa shape index (κ3) is 3.94. The second-order valence-corrected chi connectivity index (χ2v) is 5.69. The Bertz CT molecular complexity index is 733. The van der Waals surface area contributed by atoms with Gasteiger partial charge in [0.25, 0.3) is 0 Å². The summed E-state index contributed by atoms with van der Waals surface area (Å²) in [5.74, 6) is -2.03. The third-order valence-corrected chi connectivity index (χ3v) is 3.94. The van der Waals surface area contributed by atoms with Gasteiger partial charge >= 0.3 is 0 Å². The predicted molar refractivity (Wildman–Crippen MR) is 84.3 cm³/mol. The maximum absolute atomic E-state index is 14.3. The molecule has 0 radical (unpaired) electrons. The summed E-state index contributed by atoms with van der Waals surface area (Å²) in [4.78, 5) is 3.80. The number of nitrogens with zero attached hydrogens (tertiary/aromatic N) is 1. The molecule has 2 aromatic rings. The molecule has 122 valence electrons. The van der Waals surface area contributed by atoms with Gasteiger partial charge in [0, 0.05) is 12.1 Å². The fraction of sp³-hybridized carbons (Fsp3) is 0.353. The lowest BCUT2D eigenvalue weighted by atomic mass is 9.95. The molecule has 0 unspecified atom stereocenters. The number of benzene rings is 1. The lowest BCUT2D eigenvalue weighted by Gasteiger charge is -2.25. The fourth-order valence-electron chi connectivity index (χ4n) is 2.81. The standard InChI is InChI=1S/C17H18F3N3/c18-11-6-7-16(21-10-11)23-15-9-12(19)8-14(20)17(15)22-13-4-2-1-3-5-13/h6-10,13,22H,1-5H2,(H,21,23)/i6D. The van der Waals surface area contributed by atoms with Crippen molar-refractivity contribution in [2.75, 3.05) is 10.6 Å². The Labute approximate surface area is 134 Å². The Balaban J connectivity index is 1.88. The van der Waals surface area contributed by atoms with Gasteiger partial charge < -0.3 is 10.6 Å². The summed E-state index contributed by atoms with van der Waals surface area (Å²) in [6.07, 6.45) is 6.08. The number of pyridine rings is 1. The summed E-state index contributed by atoms with van der Waals surface area (Å²) in [5, 5.41) is 5.91. The molecule has 6 heteroatoms. The average molecular weight is 322 g/mol. The second-order valence-electron chi connectivity index (χ2n) is 5.69. The quantitative estimate of drug-likeness (QED) is 0.833. The molecule has 0 atom stereocenters. The predicted octanol–water partition coefficient (Wildman–Crippen LogP) is 4.99. The normalized spacial score (nSPS) is 16.0. The number of rotatable bonds is 4. The van der Waals surface area contributed by atoms with Crippen molar-refractivity contribution in [2.24, 2.45) is 0 Å². The number of hydrogen-bond acceptors (Lipinski definition) is 3. The molecule has 0 bridgehead atoms. The Morgan fingerprint density at radius 1 is 1.09 bits per heavy atom. The van der Waals surface area contributed by atoms with E-state index >= 15 is 0 Å². The first-order valence-electron chi connectivity index (χ1n) is 8.17. The number of anilines is 3. The Hall–Kier alpha value is -2.24. The van der Waals surface area contributed by atoms with Crippen LogP contribution in [-0.4, -0.2) is 11.0 Å². The zero-order valence-electron chi connectivity index (χ0n) is 13.5. The largest absolute Gasteiger partial charge is 0.378 e. The van der Waals surface area contributed by atoms with Crippen LogP contribution in [0.15, 0.2) is 30.4 Å². The van der Waals surface area contributed by atoms with Gasteiger partial charge in [-0.05, 0) is 31.0 Å². The summed E-state index contributed by atoms with van der Waals surface area (Å²) in [5.41, 5.74) is 0.345. The first-order chi connectivity index (χ1) is 11.5. The van der Waals surface area contributed by atoms with E-state index in [1.54, 1.807) is 0 Å². The van der Waals surface area contributed by atoms with Crippen molar-refractivity contribution in [2.45, 2.75) is 38.1 Å². The van der Waals surface area contributed by atoms with Crippen molar-refractivity contribution in [1.29, 1.82) is 0 Å². The zero-order valence-corrected chi connectivity index (χ0v) is 12.5. The Morgan fingerprint density at radius 3 is 2.61 bits per heavy atom. The highest BCUT2D eigenvalue weighted by molar-refractivity contribution is 5.74. The van der Waals surface area contributed by atoms with Gasteiger partial charge in [-0.1, -0.05) is 19.3 Å². The fourth-order valence-corrected chi connectivity index (χ4v) is 2.81. The third-order valence-electron chi connectivity index (χ3n) is 3.94. The maximum Gasteiger partial charge on any atom is 0.151 e. The van der Waals surface area contributed by atoms with Crippen molar-refractivity contribution in [3.8, 4) is 0 Å². The van der Waals surface area contributed by atoms with E-state index in [0.717, 1.165) is 44.0 Å². The minimum atomic E-state index is -0.758. The first-order valence-corrected chi connectivity index (χ1v) is 7.67. The molecule has 1 aliphatic carbocycles. The smallest absolute Gasteiger partial charge is 0.151 e. The molecule has 1 aromatic carbocycles. The molecule has 1 aliphatic rings. The molecule has 0 aliphatic heterocycles. The highest BCUT2D eigenvalue weighted by atomic mass is 19.1. The van der Waals surface area contributed by atoms with Gasteiger partial charge in [0.05, 0.1) is 18.9 Å². The van der Waals surface area contributed by atoms with Crippen LogP contribution in [-0.2, 0) is 0 Å². The van der Waals surface area contributed by atoms with E-state index in [9.17, 15) is 13.2 Å². The van der Waals surface area contributed by atoms with Gasteiger partial charge in [-0.2, -0.15) is 0 Å². The van der Waals surface area contributed by atoms with Crippen molar-refractivity contribution in [3.05, 3.63) is 47.9 Å². The van der Waals surface area contributed by atoms with Gasteiger partial charge in [-0.25, -0.2) is 18.2 Å². The van der Waals surface area contributed by atoms with E-state index in [0.29, 0.717) is 0 Å². The first kappa shape index (κ1) is 14.4. The summed E-state index contributed by atoms with van der Waals surface area (Å²) >= 11 is 0. The topological polar surface area (TPSA) is 37.0 Å². The lowest BCUT2D eigenvalue weighted by molar-refractivity contribution is 0.460. The van der Waals surface area contributed by atoms with E-state index in [1.165, 1.54) is 12.5 Å². The lowest BCUT2D eigenvalue weighted by Crippen LogP contribution is -2.23. The van der Waals surface area contributed by atoms with Gasteiger partial charge in [0.15, 0.2) is 5.82 Å². The number of aromatic nitrogens is 1. The van der Waals surface area contributed by atoms with Crippen LogP contribution in [0, 0.1) is 17.5 Å². The summed E-state index contributed by atoms with van der Waals surface area (Å²) in [6, 6.07) is 2.94. The number of halogens is 3. The molecular formula is C17H18F3N3. The maximum atomic E-state index is 14.3. The van der Waals surface area contributed by atoms with Crippen LogP contribution < -0.4 is 10.6 Å². The molecule has 3 rings (SSSR count). The van der Waals surface area contributed by atoms with Gasteiger partial charge in [-0.3, -0.25) is 0 Å². The Morgan fingerprint density at radius 2 is 1.87 bits per heavy atom. The summed E-state index contributed by atoms with van der Waals surface area (Å²) in [7, 11) is 0. The minimum Gasteiger partial charge on any atom is -0.378 e. The van der Waals surface area contributed by atoms with Crippen LogP contribution in [0.2, 0.25) is 0 Å². The number of hydrogen-bond donors (Lipinski definition) is 2. The van der Waals surface area contributed by atoms with E-state index < -0.39 is 17.5 Å². The van der Waals surface area contributed by atoms with Crippen LogP contribution in [0.5, 0.6) is 0 Å². The van der Waals surface area contributed by atoms with Crippen molar-refractivity contribution in [3.63, 3.8) is 0 Å². The van der Waals surface area contributed by atoms with E-state index in [1.807, 2.05) is 0 Å². The van der Waals surface area contributed by atoms with Crippen LogP contribution in [0.25, 0.3) is 0 Å². The van der Waals surface area contributed by atoms with Crippen molar-refractivity contribution in [1.82, 2.24) is 4.98 Å². The SMILES string of the molecule is [2H]c1cc(Nc2cc(F)cc(F)c2NC2CCCCC2)ncc1F. The molecule has 1 aromatic heterocycles. The van der Waals surface area contributed by atoms with Gasteiger partial charge in [-0.15, -0.1) is 0 Å². The van der Waals surface area contributed by atoms with Crippen LogP contribution in [0.3, 0.4) is 0 Å². The molecule has 1 fully saturated rings. The monoisotopic (exact) mass is 322 g/mol. The van der Waals surface area contributed by atoms with E-state index in [-0.39, 0.29) is 29.3 Å². The highest BCUT2D eigenvalue weighted by Crippen LogP contribution is 2.32. The molecule has 0 spiro atoms. The average Bonchev–Trinajstić information content (AvgIpc) is 2.55. The molecule has 23 heavy (non-hydrogen) atoms. The summed E-state index contributed by atoms with van der Waals surface area (Å²) < 4.78 is 48.5. The molecule has 0 saturated heterocycles. The summed E-state index contributed by atoms with van der Waals surface area (Å²) in [6.45, 7) is 0. The van der Waals surface area contributed by atoms with E-state index in [4.69, 9.17) is 1.37 Å². The van der Waals surface area contributed by atoms with Crippen LogP contribution >= 0.6 is 0 Å². The highest BCUT2D eigenvalue weighted by Gasteiger charge is 2.18. The molecule has 0 amide bonds. The van der Waals surface area contributed by atoms with Gasteiger partial charge in [0.1, 0.15) is 17.5 Å². The van der Waals surface area contributed by atoms with Gasteiger partial charge in [0.2, 0.25) is 0 Å². The molecule has 1 heterocycles. The zero-order chi connectivity index (χ0) is 17.1. The minimum absolute atomic E-state index is 0.132. The van der Waals surface area contributed by atoms with E-state index in [2.05, 4.69) is 15.6 Å². The second kappa shape index (κ2) is 6.89. The van der Waals surface area contributed by atoms with Crippen LogP contribution in [0.1, 0.15) is 33.5 Å².